The summed E-state index contributed by atoms with van der Waals surface area (Å²) in [6.45, 7) is 0.763. The third kappa shape index (κ3) is 2.65. The standard InChI is InChI=1S/C20H17ClN2O/c21-16-8-1-6-15(13-16)18-10-4-12-23(18)20(24)17-9-2-5-14-7-3-11-22-19(14)17/h1-3,5-9,11,13,18H,4,10,12H2. The summed E-state index contributed by atoms with van der Waals surface area (Å²) < 4.78 is 0. The second kappa shape index (κ2) is 6.25. The molecule has 0 aliphatic carbocycles. The topological polar surface area (TPSA) is 33.2 Å². The van der Waals surface area contributed by atoms with Crippen LogP contribution in [0.25, 0.3) is 10.9 Å². The van der Waals surface area contributed by atoms with Gasteiger partial charge in [-0.05, 0) is 42.7 Å². The Hall–Kier alpha value is -2.39. The van der Waals surface area contributed by atoms with Crippen LogP contribution in [-0.2, 0) is 0 Å². The average molecular weight is 337 g/mol. The van der Waals surface area contributed by atoms with Gasteiger partial charge in [0.2, 0.25) is 0 Å². The molecule has 0 bridgehead atoms. The van der Waals surface area contributed by atoms with Crippen LogP contribution in [0.2, 0.25) is 5.02 Å². The first-order chi connectivity index (χ1) is 11.7. The summed E-state index contributed by atoms with van der Waals surface area (Å²) in [5.74, 6) is 0.0433. The number of halogens is 1. The summed E-state index contributed by atoms with van der Waals surface area (Å²) in [7, 11) is 0. The normalized spacial score (nSPS) is 17.4. The van der Waals surface area contributed by atoms with Gasteiger partial charge in [0, 0.05) is 23.2 Å². The highest BCUT2D eigenvalue weighted by Gasteiger charge is 2.31. The van der Waals surface area contributed by atoms with Crippen LogP contribution in [0.1, 0.15) is 34.8 Å². The van der Waals surface area contributed by atoms with Gasteiger partial charge < -0.3 is 4.90 Å². The van der Waals surface area contributed by atoms with Crippen LogP contribution in [0.15, 0.2) is 60.8 Å². The SMILES string of the molecule is O=C(c1cccc2cccnc12)N1CCCC1c1cccc(Cl)c1. The van der Waals surface area contributed by atoms with E-state index in [4.69, 9.17) is 11.6 Å². The molecule has 1 aliphatic rings. The van der Waals surface area contributed by atoms with Crippen molar-refractivity contribution in [2.75, 3.05) is 6.54 Å². The van der Waals surface area contributed by atoms with Gasteiger partial charge in [0.25, 0.3) is 5.91 Å². The van der Waals surface area contributed by atoms with E-state index in [9.17, 15) is 4.79 Å². The number of hydrogen-bond acceptors (Lipinski definition) is 2. The second-order valence-corrected chi connectivity index (χ2v) is 6.53. The summed E-state index contributed by atoms with van der Waals surface area (Å²) in [5, 5.41) is 1.69. The van der Waals surface area contributed by atoms with Crippen molar-refractivity contribution in [2.45, 2.75) is 18.9 Å². The first-order valence-electron chi connectivity index (χ1n) is 8.14. The maximum atomic E-state index is 13.2. The molecule has 2 aromatic carbocycles. The van der Waals surface area contributed by atoms with Gasteiger partial charge in [-0.2, -0.15) is 0 Å². The van der Waals surface area contributed by atoms with Crippen LogP contribution in [0.5, 0.6) is 0 Å². The number of carbonyl (C=O) groups excluding carboxylic acids is 1. The first-order valence-corrected chi connectivity index (χ1v) is 8.52. The molecular formula is C20H17ClN2O. The van der Waals surface area contributed by atoms with Gasteiger partial charge in [-0.25, -0.2) is 0 Å². The summed E-state index contributed by atoms with van der Waals surface area (Å²) in [6, 6.07) is 17.5. The van der Waals surface area contributed by atoms with E-state index >= 15 is 0 Å². The van der Waals surface area contributed by atoms with Gasteiger partial charge >= 0.3 is 0 Å². The van der Waals surface area contributed by atoms with Gasteiger partial charge in [0.15, 0.2) is 0 Å². The van der Waals surface area contributed by atoms with Crippen molar-refractivity contribution in [2.24, 2.45) is 0 Å². The Bertz CT molecular complexity index is 904. The van der Waals surface area contributed by atoms with Crippen molar-refractivity contribution in [1.29, 1.82) is 0 Å². The number of amides is 1. The Morgan fingerprint density at radius 3 is 2.83 bits per heavy atom. The Balaban J connectivity index is 1.73. The predicted octanol–water partition coefficient (Wildman–Crippen LogP) is 4.87. The van der Waals surface area contributed by atoms with Crippen molar-refractivity contribution >= 4 is 28.4 Å². The molecule has 0 spiro atoms. The lowest BCUT2D eigenvalue weighted by Gasteiger charge is -2.25. The Morgan fingerprint density at radius 2 is 1.96 bits per heavy atom. The number of rotatable bonds is 2. The van der Waals surface area contributed by atoms with Crippen molar-refractivity contribution in [3.63, 3.8) is 0 Å². The van der Waals surface area contributed by atoms with Crippen LogP contribution in [0.4, 0.5) is 0 Å². The number of benzene rings is 2. The van der Waals surface area contributed by atoms with Crippen molar-refractivity contribution in [1.82, 2.24) is 9.88 Å². The molecule has 4 rings (SSSR count). The van der Waals surface area contributed by atoms with Gasteiger partial charge in [0.1, 0.15) is 0 Å². The highest BCUT2D eigenvalue weighted by atomic mass is 35.5. The van der Waals surface area contributed by atoms with E-state index in [1.54, 1.807) is 6.20 Å². The van der Waals surface area contributed by atoms with Gasteiger partial charge in [-0.3, -0.25) is 9.78 Å². The van der Waals surface area contributed by atoms with Crippen molar-refractivity contribution in [3.05, 3.63) is 76.9 Å². The van der Waals surface area contributed by atoms with Crippen LogP contribution in [0.3, 0.4) is 0 Å². The highest BCUT2D eigenvalue weighted by Crippen LogP contribution is 2.34. The lowest BCUT2D eigenvalue weighted by Crippen LogP contribution is -2.30. The molecule has 1 amide bonds. The molecule has 3 nitrogen and oxygen atoms in total. The Kier molecular flexibility index (Phi) is 3.95. The molecule has 1 saturated heterocycles. The van der Waals surface area contributed by atoms with Gasteiger partial charge in [-0.1, -0.05) is 41.9 Å². The Labute approximate surface area is 145 Å². The maximum absolute atomic E-state index is 13.2. The maximum Gasteiger partial charge on any atom is 0.256 e. The smallest absolute Gasteiger partial charge is 0.256 e. The molecule has 0 radical (unpaired) electrons. The number of likely N-dealkylation sites (tertiary alicyclic amines) is 1. The van der Waals surface area contributed by atoms with Crippen LogP contribution in [0, 0.1) is 0 Å². The van der Waals surface area contributed by atoms with Gasteiger partial charge in [0.05, 0.1) is 17.1 Å². The molecule has 1 aliphatic heterocycles. The number of pyridine rings is 1. The zero-order valence-electron chi connectivity index (χ0n) is 13.2. The molecule has 1 unspecified atom stereocenters. The minimum atomic E-state index is 0.0433. The van der Waals surface area contributed by atoms with Gasteiger partial charge in [-0.15, -0.1) is 0 Å². The van der Waals surface area contributed by atoms with Crippen LogP contribution < -0.4 is 0 Å². The molecule has 0 N–H and O–H groups in total. The molecule has 24 heavy (non-hydrogen) atoms. The monoisotopic (exact) mass is 336 g/mol. The van der Waals surface area contributed by atoms with E-state index in [2.05, 4.69) is 4.98 Å². The van der Waals surface area contributed by atoms with E-state index < -0.39 is 0 Å². The lowest BCUT2D eigenvalue weighted by atomic mass is 10.0. The van der Waals surface area contributed by atoms with E-state index in [1.165, 1.54) is 0 Å². The van der Waals surface area contributed by atoms with E-state index in [-0.39, 0.29) is 11.9 Å². The number of carbonyl (C=O) groups is 1. The summed E-state index contributed by atoms with van der Waals surface area (Å²) in [4.78, 5) is 19.6. The Morgan fingerprint density at radius 1 is 1.12 bits per heavy atom. The fraction of sp³-hybridized carbons (Fsp3) is 0.200. The van der Waals surface area contributed by atoms with E-state index in [0.717, 1.165) is 35.9 Å². The fourth-order valence-electron chi connectivity index (χ4n) is 3.50. The molecule has 0 saturated carbocycles. The van der Waals surface area contributed by atoms with E-state index in [1.807, 2.05) is 59.5 Å². The third-order valence-electron chi connectivity index (χ3n) is 4.61. The molecular weight excluding hydrogens is 320 g/mol. The van der Waals surface area contributed by atoms with Crippen molar-refractivity contribution in [3.8, 4) is 0 Å². The molecule has 1 atom stereocenters. The number of aromatic nitrogens is 1. The zero-order chi connectivity index (χ0) is 16.5. The minimum absolute atomic E-state index is 0.0433. The quantitative estimate of drug-likeness (QED) is 0.669. The fourth-order valence-corrected chi connectivity index (χ4v) is 3.70. The molecule has 1 fully saturated rings. The highest BCUT2D eigenvalue weighted by molar-refractivity contribution is 6.30. The number of para-hydroxylation sites is 1. The zero-order valence-corrected chi connectivity index (χ0v) is 13.9. The van der Waals surface area contributed by atoms with E-state index in [0.29, 0.717) is 10.6 Å². The van der Waals surface area contributed by atoms with Crippen LogP contribution in [-0.4, -0.2) is 22.3 Å². The molecule has 1 aromatic heterocycles. The van der Waals surface area contributed by atoms with Crippen molar-refractivity contribution < 1.29 is 4.79 Å². The number of hydrogen-bond donors (Lipinski definition) is 0. The predicted molar refractivity (Wildman–Crippen MR) is 96.2 cm³/mol. The molecule has 4 heteroatoms. The molecule has 3 aromatic rings. The largest absolute Gasteiger partial charge is 0.332 e. The summed E-state index contributed by atoms with van der Waals surface area (Å²) in [6.07, 6.45) is 3.70. The summed E-state index contributed by atoms with van der Waals surface area (Å²) >= 11 is 6.13. The average Bonchev–Trinajstić information content (AvgIpc) is 3.10. The molecule has 2 heterocycles. The number of nitrogens with zero attached hydrogens (tertiary/aromatic N) is 2. The number of fused-ring (bicyclic) bond motifs is 1. The third-order valence-corrected chi connectivity index (χ3v) is 4.85. The van der Waals surface area contributed by atoms with Crippen LogP contribution >= 0.6 is 11.6 Å². The molecule has 120 valence electrons. The minimum Gasteiger partial charge on any atom is -0.332 e. The first kappa shape index (κ1) is 15.2. The lowest BCUT2D eigenvalue weighted by molar-refractivity contribution is 0.0737. The summed E-state index contributed by atoms with van der Waals surface area (Å²) in [5.41, 5.74) is 2.53. The second-order valence-electron chi connectivity index (χ2n) is 6.09.